The Morgan fingerprint density at radius 3 is 2.55 bits per heavy atom. The lowest BCUT2D eigenvalue weighted by atomic mass is 10.2. The smallest absolute Gasteiger partial charge is 0.326 e. The largest absolute Gasteiger partial charge is 0.480 e. The fraction of sp³-hybridized carbons (Fsp3) is 0.417. The number of carbonyl (C=O) groups excluding carboxylic acids is 2. The lowest BCUT2D eigenvalue weighted by Gasteiger charge is -2.17. The highest BCUT2D eigenvalue weighted by Gasteiger charge is 2.24. The average Bonchev–Trinajstić information content (AvgIpc) is 2.91. The van der Waals surface area contributed by atoms with Crippen molar-refractivity contribution < 1.29 is 29.0 Å². The van der Waals surface area contributed by atoms with Gasteiger partial charge in [0.2, 0.25) is 5.91 Å². The molecule has 0 bridgehead atoms. The summed E-state index contributed by atoms with van der Waals surface area (Å²) in [4.78, 5) is 34.2. The van der Waals surface area contributed by atoms with Gasteiger partial charge < -0.3 is 25.3 Å². The summed E-state index contributed by atoms with van der Waals surface area (Å²) in [5, 5.41) is 22.1. The van der Waals surface area contributed by atoms with Gasteiger partial charge in [0.05, 0.1) is 6.26 Å². The van der Waals surface area contributed by atoms with Crippen LogP contribution in [-0.4, -0.2) is 46.7 Å². The molecule has 0 saturated carbocycles. The van der Waals surface area contributed by atoms with Crippen molar-refractivity contribution in [3.05, 3.63) is 24.2 Å². The van der Waals surface area contributed by atoms with Crippen LogP contribution in [0.2, 0.25) is 0 Å². The summed E-state index contributed by atoms with van der Waals surface area (Å²) in [7, 11) is 0. The van der Waals surface area contributed by atoms with Gasteiger partial charge in [-0.3, -0.25) is 9.59 Å². The molecule has 0 aromatic carbocycles. The minimum absolute atomic E-state index is 0.0507. The number of hydrogen-bond acceptors (Lipinski definition) is 5. The number of hydrogen-bond donors (Lipinski definition) is 4. The first-order valence-corrected chi connectivity index (χ1v) is 5.94. The van der Waals surface area contributed by atoms with Crippen LogP contribution < -0.4 is 10.6 Å². The van der Waals surface area contributed by atoms with Gasteiger partial charge in [0.25, 0.3) is 5.91 Å². The zero-order valence-corrected chi connectivity index (χ0v) is 10.8. The normalized spacial score (nSPS) is 13.3. The molecule has 20 heavy (non-hydrogen) atoms. The predicted molar refractivity (Wildman–Crippen MR) is 66.9 cm³/mol. The molecule has 8 nitrogen and oxygen atoms in total. The molecule has 0 fully saturated rings. The first-order chi connectivity index (χ1) is 9.45. The number of carboxylic acid groups (broad SMARTS) is 1. The molecule has 8 heteroatoms. The van der Waals surface area contributed by atoms with Crippen molar-refractivity contribution in [1.29, 1.82) is 0 Å². The first-order valence-electron chi connectivity index (χ1n) is 5.94. The SMILES string of the molecule is CC(NC(=O)c1ccco1)C(=O)N[C@@H](CCO)C(=O)O. The van der Waals surface area contributed by atoms with Crippen LogP contribution >= 0.6 is 0 Å². The molecule has 4 N–H and O–H groups in total. The fourth-order valence-electron chi connectivity index (χ4n) is 1.42. The highest BCUT2D eigenvalue weighted by molar-refractivity contribution is 5.96. The van der Waals surface area contributed by atoms with E-state index in [9.17, 15) is 14.4 Å². The van der Waals surface area contributed by atoms with Gasteiger partial charge in [-0.1, -0.05) is 0 Å². The number of carbonyl (C=O) groups is 3. The van der Waals surface area contributed by atoms with E-state index in [2.05, 4.69) is 10.6 Å². The third-order valence-electron chi connectivity index (χ3n) is 2.52. The Labute approximate surface area is 114 Å². The maximum Gasteiger partial charge on any atom is 0.326 e. The summed E-state index contributed by atoms with van der Waals surface area (Å²) >= 11 is 0. The van der Waals surface area contributed by atoms with Crippen molar-refractivity contribution in [3.8, 4) is 0 Å². The van der Waals surface area contributed by atoms with Crippen LogP contribution in [0, 0.1) is 0 Å². The Morgan fingerprint density at radius 2 is 2.05 bits per heavy atom. The van der Waals surface area contributed by atoms with Gasteiger partial charge in [-0.15, -0.1) is 0 Å². The Hall–Kier alpha value is -2.35. The fourth-order valence-corrected chi connectivity index (χ4v) is 1.42. The van der Waals surface area contributed by atoms with Crippen molar-refractivity contribution >= 4 is 17.8 Å². The van der Waals surface area contributed by atoms with E-state index in [1.54, 1.807) is 0 Å². The van der Waals surface area contributed by atoms with E-state index in [0.29, 0.717) is 0 Å². The number of nitrogens with one attached hydrogen (secondary N) is 2. The molecule has 1 rings (SSSR count). The summed E-state index contributed by atoms with van der Waals surface area (Å²) in [5.74, 6) is -2.44. The number of aliphatic hydroxyl groups is 1. The molecule has 2 amide bonds. The number of aliphatic carboxylic acids is 1. The van der Waals surface area contributed by atoms with Crippen molar-refractivity contribution in [2.75, 3.05) is 6.61 Å². The van der Waals surface area contributed by atoms with E-state index in [1.807, 2.05) is 0 Å². The molecule has 1 aromatic heterocycles. The van der Waals surface area contributed by atoms with E-state index >= 15 is 0 Å². The number of rotatable bonds is 7. The van der Waals surface area contributed by atoms with Gasteiger partial charge >= 0.3 is 5.97 Å². The Bertz CT molecular complexity index is 470. The molecule has 1 heterocycles. The molecule has 1 aromatic rings. The van der Waals surface area contributed by atoms with E-state index < -0.39 is 29.9 Å². The van der Waals surface area contributed by atoms with Crippen LogP contribution in [0.25, 0.3) is 0 Å². The zero-order valence-electron chi connectivity index (χ0n) is 10.8. The second kappa shape index (κ2) is 7.29. The first kappa shape index (κ1) is 15.7. The summed E-state index contributed by atoms with van der Waals surface area (Å²) in [5.41, 5.74) is 0. The highest BCUT2D eigenvalue weighted by atomic mass is 16.4. The third kappa shape index (κ3) is 4.39. The molecule has 110 valence electrons. The number of carboxylic acids is 1. The van der Waals surface area contributed by atoms with Crippen LogP contribution in [0.3, 0.4) is 0 Å². The quantitative estimate of drug-likeness (QED) is 0.526. The van der Waals surface area contributed by atoms with Gasteiger partial charge in [-0.2, -0.15) is 0 Å². The lowest BCUT2D eigenvalue weighted by Crippen LogP contribution is -2.50. The van der Waals surface area contributed by atoms with Gasteiger partial charge in [0.15, 0.2) is 5.76 Å². The topological polar surface area (TPSA) is 129 Å². The lowest BCUT2D eigenvalue weighted by molar-refractivity contribution is -0.142. The molecule has 2 atom stereocenters. The van der Waals surface area contributed by atoms with E-state index in [-0.39, 0.29) is 18.8 Å². The maximum absolute atomic E-state index is 11.7. The second-order valence-corrected chi connectivity index (χ2v) is 4.08. The minimum Gasteiger partial charge on any atom is -0.480 e. The van der Waals surface area contributed by atoms with Crippen molar-refractivity contribution in [1.82, 2.24) is 10.6 Å². The molecule has 0 aliphatic rings. The number of amides is 2. The number of aliphatic hydroxyl groups excluding tert-OH is 1. The van der Waals surface area contributed by atoms with Crippen molar-refractivity contribution in [3.63, 3.8) is 0 Å². The molecular formula is C12H16N2O6. The van der Waals surface area contributed by atoms with Gasteiger partial charge in [0.1, 0.15) is 12.1 Å². The Kier molecular flexibility index (Phi) is 5.73. The molecule has 0 aliphatic carbocycles. The van der Waals surface area contributed by atoms with Crippen LogP contribution in [0.4, 0.5) is 0 Å². The van der Waals surface area contributed by atoms with Crippen molar-refractivity contribution in [2.24, 2.45) is 0 Å². The van der Waals surface area contributed by atoms with Crippen LogP contribution in [0.1, 0.15) is 23.9 Å². The molecule has 0 spiro atoms. The average molecular weight is 284 g/mol. The Morgan fingerprint density at radius 1 is 1.35 bits per heavy atom. The molecule has 0 radical (unpaired) electrons. The summed E-state index contributed by atoms with van der Waals surface area (Å²) in [6.07, 6.45) is 1.21. The molecule has 1 unspecified atom stereocenters. The molecule has 0 saturated heterocycles. The molecule has 0 aliphatic heterocycles. The Balaban J connectivity index is 2.54. The van der Waals surface area contributed by atoms with Crippen LogP contribution in [-0.2, 0) is 9.59 Å². The molecular weight excluding hydrogens is 268 g/mol. The minimum atomic E-state index is -1.25. The predicted octanol–water partition coefficient (Wildman–Crippen LogP) is -0.650. The standard InChI is InChI=1S/C12H16N2O6/c1-7(13-11(17)9-3-2-6-20-9)10(16)14-8(4-5-15)12(18)19/h2-3,6-8,15H,4-5H2,1H3,(H,13,17)(H,14,16)(H,18,19)/t7?,8-/m0/s1. The summed E-state index contributed by atoms with van der Waals surface area (Å²) in [6, 6.07) is 0.830. The van der Waals surface area contributed by atoms with E-state index in [0.717, 1.165) is 0 Å². The second-order valence-electron chi connectivity index (χ2n) is 4.08. The third-order valence-corrected chi connectivity index (χ3v) is 2.52. The zero-order chi connectivity index (χ0) is 15.1. The number of furan rings is 1. The van der Waals surface area contributed by atoms with E-state index in [4.69, 9.17) is 14.6 Å². The maximum atomic E-state index is 11.7. The monoisotopic (exact) mass is 284 g/mol. The summed E-state index contributed by atoms with van der Waals surface area (Å²) < 4.78 is 4.86. The highest BCUT2D eigenvalue weighted by Crippen LogP contribution is 2.00. The van der Waals surface area contributed by atoms with Gasteiger partial charge in [-0.05, 0) is 19.1 Å². The van der Waals surface area contributed by atoms with Crippen LogP contribution in [0.5, 0.6) is 0 Å². The van der Waals surface area contributed by atoms with Crippen molar-refractivity contribution in [2.45, 2.75) is 25.4 Å². The van der Waals surface area contributed by atoms with Gasteiger partial charge in [-0.25, -0.2) is 4.79 Å². The summed E-state index contributed by atoms with van der Waals surface area (Å²) in [6.45, 7) is 1.04. The van der Waals surface area contributed by atoms with Gasteiger partial charge in [0, 0.05) is 13.0 Å². The van der Waals surface area contributed by atoms with Crippen LogP contribution in [0.15, 0.2) is 22.8 Å². The van der Waals surface area contributed by atoms with E-state index in [1.165, 1.54) is 25.3 Å².